The minimum Gasteiger partial charge on any atom is -0.370 e. The average molecular weight is 424 g/mol. The number of aryl methyl sites for hydroxylation is 1. The molecule has 0 unspecified atom stereocenters. The fourth-order valence-corrected chi connectivity index (χ4v) is 3.38. The van der Waals surface area contributed by atoms with Crippen molar-refractivity contribution in [3.8, 4) is 11.1 Å². The van der Waals surface area contributed by atoms with E-state index in [2.05, 4.69) is 15.2 Å². The summed E-state index contributed by atoms with van der Waals surface area (Å²) in [7, 11) is 0. The molecule has 0 saturated carbocycles. The number of benzene rings is 2. The lowest BCUT2D eigenvalue weighted by Gasteiger charge is -2.17. The minimum absolute atomic E-state index is 0.0189. The van der Waals surface area contributed by atoms with Crippen LogP contribution in [0.3, 0.4) is 0 Å². The van der Waals surface area contributed by atoms with Gasteiger partial charge in [-0.2, -0.15) is 23.1 Å². The Morgan fingerprint density at radius 1 is 1.10 bits per heavy atom. The molecule has 0 spiro atoms. The largest absolute Gasteiger partial charge is 0.417 e. The zero-order chi connectivity index (χ0) is 21.6. The summed E-state index contributed by atoms with van der Waals surface area (Å²) in [4.78, 5) is 18.3. The smallest absolute Gasteiger partial charge is 0.370 e. The standard InChI is InChI=1S/C18H19F3N6OS/c1-10-8-12(26-17(24)27-16(22)23)9-14(18(19,20)21)15(10)11-2-4-13(5-3-11)29-7-6-25-28/h2-5,8-9H,6-7H2,1H3,(H6,22,23,24,26,27). The third-order valence-corrected chi connectivity index (χ3v) is 4.70. The fraction of sp³-hybridized carbons (Fsp3) is 0.222. The maximum atomic E-state index is 13.7. The van der Waals surface area contributed by atoms with Gasteiger partial charge in [0.1, 0.15) is 0 Å². The molecule has 7 nitrogen and oxygen atoms in total. The molecule has 6 N–H and O–H groups in total. The Labute approximate surface area is 169 Å². The molecule has 0 fully saturated rings. The first-order valence-electron chi connectivity index (χ1n) is 8.30. The topological polar surface area (TPSA) is 132 Å². The Morgan fingerprint density at radius 3 is 2.31 bits per heavy atom. The summed E-state index contributed by atoms with van der Waals surface area (Å²) >= 11 is 1.40. The lowest BCUT2D eigenvalue weighted by molar-refractivity contribution is -0.137. The van der Waals surface area contributed by atoms with Crippen LogP contribution in [-0.2, 0) is 6.18 Å². The molecule has 0 aliphatic rings. The summed E-state index contributed by atoms with van der Waals surface area (Å²) in [5, 5.41) is 2.77. The number of thioether (sulfide) groups is 1. The number of hydrogen-bond donors (Lipinski definition) is 3. The van der Waals surface area contributed by atoms with E-state index in [0.717, 1.165) is 11.0 Å². The lowest BCUT2D eigenvalue weighted by Crippen LogP contribution is -2.26. The zero-order valence-electron chi connectivity index (χ0n) is 15.4. The highest BCUT2D eigenvalue weighted by Crippen LogP contribution is 2.41. The molecule has 0 aliphatic heterocycles. The SMILES string of the molecule is Cc1cc(N=C(N)N=C(N)N)cc(C(F)(F)F)c1-c1ccc(SCCN=O)cc1. The van der Waals surface area contributed by atoms with Gasteiger partial charge in [0.25, 0.3) is 0 Å². The second kappa shape index (κ2) is 9.41. The summed E-state index contributed by atoms with van der Waals surface area (Å²) in [6, 6.07) is 8.98. The van der Waals surface area contributed by atoms with Crippen molar-refractivity contribution >= 4 is 29.4 Å². The molecular formula is C18H19F3N6OS. The molecule has 0 heterocycles. The van der Waals surface area contributed by atoms with Crippen molar-refractivity contribution in [2.75, 3.05) is 12.3 Å². The Balaban J connectivity index is 2.49. The Morgan fingerprint density at radius 2 is 1.76 bits per heavy atom. The molecule has 0 bridgehead atoms. The Hall–Kier alpha value is -3.08. The van der Waals surface area contributed by atoms with E-state index in [-0.39, 0.29) is 29.7 Å². The van der Waals surface area contributed by atoms with Crippen molar-refractivity contribution in [3.05, 3.63) is 52.4 Å². The number of hydrogen-bond acceptors (Lipinski definition) is 4. The van der Waals surface area contributed by atoms with Crippen LogP contribution in [0.5, 0.6) is 0 Å². The monoisotopic (exact) mass is 424 g/mol. The predicted molar refractivity (Wildman–Crippen MR) is 110 cm³/mol. The van der Waals surface area contributed by atoms with Crippen molar-refractivity contribution in [2.24, 2.45) is 32.4 Å². The van der Waals surface area contributed by atoms with Gasteiger partial charge in [-0.15, -0.1) is 11.8 Å². The first kappa shape index (κ1) is 22.2. The zero-order valence-corrected chi connectivity index (χ0v) is 16.2. The first-order chi connectivity index (χ1) is 13.6. The molecule has 0 atom stereocenters. The number of nitroso groups, excluding NO2 is 1. The van der Waals surface area contributed by atoms with Gasteiger partial charge in [-0.25, -0.2) is 4.99 Å². The summed E-state index contributed by atoms with van der Waals surface area (Å²) in [6.07, 6.45) is -4.61. The van der Waals surface area contributed by atoms with E-state index in [1.807, 2.05) is 0 Å². The third kappa shape index (κ3) is 6.21. The number of nitrogens with two attached hydrogens (primary N) is 3. The van der Waals surface area contributed by atoms with Crippen molar-refractivity contribution in [1.82, 2.24) is 0 Å². The summed E-state index contributed by atoms with van der Waals surface area (Å²) in [5.41, 5.74) is 15.9. The van der Waals surface area contributed by atoms with E-state index in [4.69, 9.17) is 17.2 Å². The normalized spacial score (nSPS) is 11.9. The highest BCUT2D eigenvalue weighted by atomic mass is 32.2. The van der Waals surface area contributed by atoms with Gasteiger partial charge in [-0.3, -0.25) is 0 Å². The molecule has 2 aromatic carbocycles. The predicted octanol–water partition coefficient (Wildman–Crippen LogP) is 3.76. The van der Waals surface area contributed by atoms with Crippen LogP contribution in [0.15, 0.2) is 56.5 Å². The van der Waals surface area contributed by atoms with E-state index in [1.165, 1.54) is 17.8 Å². The highest BCUT2D eigenvalue weighted by Gasteiger charge is 2.35. The molecular weight excluding hydrogens is 405 g/mol. The number of nitrogens with zero attached hydrogens (tertiary/aromatic N) is 3. The summed E-state index contributed by atoms with van der Waals surface area (Å²) in [5.74, 6) is -0.200. The van der Waals surface area contributed by atoms with Gasteiger partial charge in [-0.1, -0.05) is 17.3 Å². The molecule has 154 valence electrons. The van der Waals surface area contributed by atoms with Crippen LogP contribution in [0, 0.1) is 11.8 Å². The second-order valence-electron chi connectivity index (χ2n) is 5.92. The molecule has 0 saturated heterocycles. The maximum absolute atomic E-state index is 13.7. The van der Waals surface area contributed by atoms with Crippen molar-refractivity contribution < 1.29 is 13.2 Å². The van der Waals surface area contributed by atoms with Gasteiger partial charge >= 0.3 is 6.18 Å². The van der Waals surface area contributed by atoms with Gasteiger partial charge < -0.3 is 17.2 Å². The molecule has 0 aliphatic carbocycles. The van der Waals surface area contributed by atoms with Crippen LogP contribution in [0.1, 0.15) is 11.1 Å². The van der Waals surface area contributed by atoms with Gasteiger partial charge in [0.15, 0.2) is 5.96 Å². The van der Waals surface area contributed by atoms with Gasteiger partial charge in [0.05, 0.1) is 17.8 Å². The number of rotatable bonds is 6. The van der Waals surface area contributed by atoms with Crippen LogP contribution >= 0.6 is 11.8 Å². The molecule has 11 heteroatoms. The number of alkyl halides is 3. The third-order valence-electron chi connectivity index (χ3n) is 3.71. The quantitative estimate of drug-likeness (QED) is 0.214. The lowest BCUT2D eigenvalue weighted by atomic mass is 9.94. The van der Waals surface area contributed by atoms with E-state index in [1.54, 1.807) is 31.2 Å². The number of halogens is 3. The van der Waals surface area contributed by atoms with Crippen LogP contribution in [-0.4, -0.2) is 24.2 Å². The van der Waals surface area contributed by atoms with Gasteiger partial charge in [0, 0.05) is 10.6 Å². The van der Waals surface area contributed by atoms with E-state index < -0.39 is 11.7 Å². The van der Waals surface area contributed by atoms with E-state index in [0.29, 0.717) is 16.9 Å². The van der Waals surface area contributed by atoms with Crippen LogP contribution in [0.2, 0.25) is 0 Å². The van der Waals surface area contributed by atoms with Gasteiger partial charge in [0.2, 0.25) is 5.96 Å². The molecule has 2 aromatic rings. The molecule has 0 radical (unpaired) electrons. The summed E-state index contributed by atoms with van der Waals surface area (Å²) in [6.45, 7) is 1.72. The number of guanidine groups is 2. The molecule has 0 amide bonds. The van der Waals surface area contributed by atoms with Crippen LogP contribution in [0.4, 0.5) is 18.9 Å². The highest BCUT2D eigenvalue weighted by molar-refractivity contribution is 7.99. The van der Waals surface area contributed by atoms with Crippen molar-refractivity contribution in [2.45, 2.75) is 18.0 Å². The average Bonchev–Trinajstić information content (AvgIpc) is 2.61. The Kier molecular flexibility index (Phi) is 7.21. The molecule has 29 heavy (non-hydrogen) atoms. The van der Waals surface area contributed by atoms with E-state index >= 15 is 0 Å². The first-order valence-corrected chi connectivity index (χ1v) is 9.28. The van der Waals surface area contributed by atoms with Crippen molar-refractivity contribution in [1.29, 1.82) is 0 Å². The second-order valence-corrected chi connectivity index (χ2v) is 7.08. The van der Waals surface area contributed by atoms with Crippen LogP contribution in [0.25, 0.3) is 11.1 Å². The fourth-order valence-electron chi connectivity index (χ4n) is 2.65. The molecule has 2 rings (SSSR count). The minimum atomic E-state index is -4.61. The Bertz CT molecular complexity index is 938. The summed E-state index contributed by atoms with van der Waals surface area (Å²) < 4.78 is 41.2. The van der Waals surface area contributed by atoms with E-state index in [9.17, 15) is 18.1 Å². The van der Waals surface area contributed by atoms with Gasteiger partial charge in [-0.05, 0) is 47.9 Å². The number of aliphatic imine (C=N–C) groups is 2. The maximum Gasteiger partial charge on any atom is 0.417 e. The molecule has 0 aromatic heterocycles. The van der Waals surface area contributed by atoms with Crippen LogP contribution < -0.4 is 17.2 Å². The van der Waals surface area contributed by atoms with Crippen molar-refractivity contribution in [3.63, 3.8) is 0 Å².